The number of aliphatic hydroxyl groups excluding tert-OH is 1. The third kappa shape index (κ3) is 3.91. The molecule has 2 aromatic rings. The van der Waals surface area contributed by atoms with Crippen LogP contribution in [0.4, 0.5) is 5.69 Å². The molecule has 0 saturated heterocycles. The Bertz CT molecular complexity index is 727. The maximum atomic E-state index is 12.2. The summed E-state index contributed by atoms with van der Waals surface area (Å²) >= 11 is 0. The summed E-state index contributed by atoms with van der Waals surface area (Å²) in [5.74, 6) is 5.20. The summed E-state index contributed by atoms with van der Waals surface area (Å²) in [6, 6.07) is 7.34. The number of nitrogens with zero attached hydrogens (tertiary/aromatic N) is 1. The van der Waals surface area contributed by atoms with Crippen LogP contribution in [0.5, 0.6) is 0 Å². The van der Waals surface area contributed by atoms with Crippen molar-refractivity contribution in [2.24, 2.45) is 0 Å². The number of carbonyl (C=O) groups excluding carboxylic acids is 1. The Labute approximate surface area is 123 Å². The number of carbonyl (C=O) groups is 1. The maximum absolute atomic E-state index is 12.2. The second-order valence-corrected chi connectivity index (χ2v) is 4.71. The van der Waals surface area contributed by atoms with Gasteiger partial charge in [-0.2, -0.15) is 0 Å². The van der Waals surface area contributed by atoms with E-state index in [4.69, 9.17) is 5.11 Å². The minimum absolute atomic E-state index is 0.219. The largest absolute Gasteiger partial charge is 0.384 e. The predicted molar refractivity (Wildman–Crippen MR) is 82.1 cm³/mol. The van der Waals surface area contributed by atoms with E-state index in [9.17, 15) is 4.79 Å². The molecule has 2 N–H and O–H groups in total. The third-order valence-corrected chi connectivity index (χ3v) is 2.86. The zero-order valence-electron chi connectivity index (χ0n) is 12.0. The molecule has 4 nitrogen and oxygen atoms in total. The molecule has 0 atom stereocenters. The van der Waals surface area contributed by atoms with Crippen LogP contribution in [0.25, 0.3) is 0 Å². The van der Waals surface area contributed by atoms with Crippen LogP contribution < -0.4 is 5.32 Å². The summed E-state index contributed by atoms with van der Waals surface area (Å²) in [7, 11) is 0. The summed E-state index contributed by atoms with van der Waals surface area (Å²) in [6.45, 7) is 3.61. The average molecular weight is 280 g/mol. The van der Waals surface area contributed by atoms with E-state index in [0.717, 1.165) is 11.1 Å². The summed E-state index contributed by atoms with van der Waals surface area (Å²) in [6.07, 6.45) is 3.22. The van der Waals surface area contributed by atoms with Crippen LogP contribution >= 0.6 is 0 Å². The monoisotopic (exact) mass is 280 g/mol. The number of rotatable bonds is 2. The van der Waals surface area contributed by atoms with E-state index in [1.165, 1.54) is 6.20 Å². The highest BCUT2D eigenvalue weighted by Gasteiger charge is 2.09. The van der Waals surface area contributed by atoms with Gasteiger partial charge in [0.25, 0.3) is 5.91 Å². The van der Waals surface area contributed by atoms with Crippen LogP contribution in [0.1, 0.15) is 27.0 Å². The minimum atomic E-state index is -0.234. The van der Waals surface area contributed by atoms with Gasteiger partial charge >= 0.3 is 0 Å². The lowest BCUT2D eigenvalue weighted by atomic mass is 10.1. The van der Waals surface area contributed by atoms with Crippen LogP contribution in [0.2, 0.25) is 0 Å². The van der Waals surface area contributed by atoms with Crippen molar-refractivity contribution in [2.45, 2.75) is 13.8 Å². The van der Waals surface area contributed by atoms with Crippen LogP contribution in [-0.4, -0.2) is 22.6 Å². The van der Waals surface area contributed by atoms with Gasteiger partial charge in [-0.25, -0.2) is 0 Å². The van der Waals surface area contributed by atoms with Crippen molar-refractivity contribution in [1.82, 2.24) is 4.98 Å². The molecule has 0 fully saturated rings. The summed E-state index contributed by atoms with van der Waals surface area (Å²) < 4.78 is 0. The molecule has 0 aliphatic rings. The minimum Gasteiger partial charge on any atom is -0.384 e. The molecule has 4 heteroatoms. The Morgan fingerprint density at radius 2 is 2.05 bits per heavy atom. The normalized spacial score (nSPS) is 9.67. The van der Waals surface area contributed by atoms with Crippen molar-refractivity contribution >= 4 is 11.6 Å². The number of pyridine rings is 1. The summed E-state index contributed by atoms with van der Waals surface area (Å²) in [5, 5.41) is 11.6. The first-order valence-corrected chi connectivity index (χ1v) is 6.53. The second-order valence-electron chi connectivity index (χ2n) is 4.71. The van der Waals surface area contributed by atoms with Gasteiger partial charge in [0.05, 0.1) is 11.3 Å². The molecule has 2 rings (SSSR count). The maximum Gasteiger partial charge on any atom is 0.257 e. The lowest BCUT2D eigenvalue weighted by molar-refractivity contribution is 0.102. The second kappa shape index (κ2) is 6.69. The number of anilines is 1. The van der Waals surface area contributed by atoms with Gasteiger partial charge in [-0.15, -0.1) is 0 Å². The van der Waals surface area contributed by atoms with Crippen molar-refractivity contribution in [3.8, 4) is 11.8 Å². The SMILES string of the molecule is Cc1cncc(C(=O)Nc2ccc(C)cc2C#CCO)c1. The fourth-order valence-corrected chi connectivity index (χ4v) is 1.88. The fraction of sp³-hybridized carbons (Fsp3) is 0.176. The van der Waals surface area contributed by atoms with Crippen LogP contribution in [0.15, 0.2) is 36.7 Å². The number of hydrogen-bond acceptors (Lipinski definition) is 3. The van der Waals surface area contributed by atoms with Crippen LogP contribution in [0.3, 0.4) is 0 Å². The fourth-order valence-electron chi connectivity index (χ4n) is 1.88. The van der Waals surface area contributed by atoms with Gasteiger partial charge in [0.15, 0.2) is 0 Å². The molecule has 1 aromatic heterocycles. The van der Waals surface area contributed by atoms with Crippen molar-refractivity contribution in [2.75, 3.05) is 11.9 Å². The quantitative estimate of drug-likeness (QED) is 0.830. The molecule has 0 bridgehead atoms. The molecule has 0 aliphatic carbocycles. The van der Waals surface area contributed by atoms with E-state index in [-0.39, 0.29) is 12.5 Å². The van der Waals surface area contributed by atoms with E-state index in [0.29, 0.717) is 16.8 Å². The standard InChI is InChI=1S/C17H16N2O2/c1-12-5-6-16(14(8-12)4-3-7-20)19-17(21)15-9-13(2)10-18-11-15/h5-6,8-11,20H,7H2,1-2H3,(H,19,21). The number of aliphatic hydroxyl groups is 1. The molecule has 0 spiro atoms. The van der Waals surface area contributed by atoms with Gasteiger partial charge < -0.3 is 10.4 Å². The summed E-state index contributed by atoms with van der Waals surface area (Å²) in [5.41, 5.74) is 3.75. The zero-order valence-corrected chi connectivity index (χ0v) is 12.0. The van der Waals surface area contributed by atoms with E-state index >= 15 is 0 Å². The molecule has 106 valence electrons. The summed E-state index contributed by atoms with van der Waals surface area (Å²) in [4.78, 5) is 16.2. The highest BCUT2D eigenvalue weighted by atomic mass is 16.2. The van der Waals surface area contributed by atoms with Gasteiger partial charge in [0, 0.05) is 18.0 Å². The van der Waals surface area contributed by atoms with Crippen molar-refractivity contribution in [1.29, 1.82) is 0 Å². The Morgan fingerprint density at radius 3 is 2.76 bits per heavy atom. The number of amides is 1. The topological polar surface area (TPSA) is 62.2 Å². The highest BCUT2D eigenvalue weighted by molar-refractivity contribution is 6.04. The smallest absolute Gasteiger partial charge is 0.257 e. The van der Waals surface area contributed by atoms with E-state index in [2.05, 4.69) is 22.1 Å². The molecule has 0 radical (unpaired) electrons. The number of benzene rings is 1. The molecule has 21 heavy (non-hydrogen) atoms. The van der Waals surface area contributed by atoms with Gasteiger partial charge in [-0.3, -0.25) is 9.78 Å². The molecule has 1 heterocycles. The molecule has 0 saturated carbocycles. The Balaban J connectivity index is 2.29. The van der Waals surface area contributed by atoms with Gasteiger partial charge in [-0.1, -0.05) is 17.9 Å². The number of aryl methyl sites for hydroxylation is 2. The van der Waals surface area contributed by atoms with E-state index in [1.54, 1.807) is 18.3 Å². The van der Waals surface area contributed by atoms with Crippen molar-refractivity contribution in [3.63, 3.8) is 0 Å². The van der Waals surface area contributed by atoms with E-state index < -0.39 is 0 Å². The average Bonchev–Trinajstić information content (AvgIpc) is 2.47. The predicted octanol–water partition coefficient (Wildman–Crippen LogP) is 2.29. The lowest BCUT2D eigenvalue weighted by Crippen LogP contribution is -2.13. The molecular weight excluding hydrogens is 264 g/mol. The molecule has 1 amide bonds. The Hall–Kier alpha value is -2.64. The number of nitrogens with one attached hydrogen (secondary N) is 1. The van der Waals surface area contributed by atoms with Crippen molar-refractivity contribution in [3.05, 3.63) is 58.9 Å². The third-order valence-electron chi connectivity index (χ3n) is 2.86. The lowest BCUT2D eigenvalue weighted by Gasteiger charge is -2.08. The van der Waals surface area contributed by atoms with Gasteiger partial charge in [0.2, 0.25) is 0 Å². The van der Waals surface area contributed by atoms with Crippen LogP contribution in [-0.2, 0) is 0 Å². The highest BCUT2D eigenvalue weighted by Crippen LogP contribution is 2.17. The number of aromatic nitrogens is 1. The van der Waals surface area contributed by atoms with E-state index in [1.807, 2.05) is 26.0 Å². The molecule has 0 aliphatic heterocycles. The molecule has 0 unspecified atom stereocenters. The first-order valence-electron chi connectivity index (χ1n) is 6.53. The molecule has 1 aromatic carbocycles. The molecular formula is C17H16N2O2. The number of hydrogen-bond donors (Lipinski definition) is 2. The first kappa shape index (κ1) is 14.8. The van der Waals surface area contributed by atoms with Crippen molar-refractivity contribution < 1.29 is 9.90 Å². The van der Waals surface area contributed by atoms with Crippen LogP contribution in [0, 0.1) is 25.7 Å². The van der Waals surface area contributed by atoms with Gasteiger partial charge in [0.1, 0.15) is 6.61 Å². The zero-order chi connectivity index (χ0) is 15.2. The first-order chi connectivity index (χ1) is 10.1. The van der Waals surface area contributed by atoms with Gasteiger partial charge in [-0.05, 0) is 43.2 Å². The Morgan fingerprint density at radius 1 is 1.24 bits per heavy atom. The Kier molecular flexibility index (Phi) is 4.70.